The average Bonchev–Trinajstić information content (AvgIpc) is 2.90. The second kappa shape index (κ2) is 6.91. The first-order valence-electron chi connectivity index (χ1n) is 8.30. The first kappa shape index (κ1) is 16.3. The Balaban J connectivity index is 1.73. The van der Waals surface area contributed by atoms with Crippen molar-refractivity contribution in [2.75, 3.05) is 11.9 Å². The third-order valence-electron chi connectivity index (χ3n) is 4.75. The van der Waals surface area contributed by atoms with Gasteiger partial charge in [0.15, 0.2) is 0 Å². The smallest absolute Gasteiger partial charge is 0.338 e. The number of anilines is 1. The second-order valence-electron chi connectivity index (χ2n) is 6.40. The van der Waals surface area contributed by atoms with Crippen LogP contribution in [0.25, 0.3) is 0 Å². The van der Waals surface area contributed by atoms with Crippen molar-refractivity contribution in [2.24, 2.45) is 5.92 Å². The molecule has 3 atom stereocenters. The summed E-state index contributed by atoms with van der Waals surface area (Å²) in [6.07, 6.45) is 2.02. The highest BCUT2D eigenvalue weighted by Gasteiger charge is 2.37. The van der Waals surface area contributed by atoms with E-state index >= 15 is 0 Å². The number of hydrogen-bond donors (Lipinski definition) is 0. The quantitative estimate of drug-likeness (QED) is 0.621. The van der Waals surface area contributed by atoms with Crippen LogP contribution in [-0.4, -0.2) is 25.2 Å². The lowest BCUT2D eigenvalue weighted by Gasteiger charge is -2.31. The highest BCUT2D eigenvalue weighted by Crippen LogP contribution is 2.33. The molecular formula is C21H23NO2. The Bertz CT molecular complexity index is 724. The molecule has 0 bridgehead atoms. The fraction of sp³-hybridized carbons (Fsp3) is 0.286. The van der Waals surface area contributed by atoms with Crippen LogP contribution in [0.4, 0.5) is 5.69 Å². The molecule has 3 nitrogen and oxygen atoms in total. The molecule has 124 valence electrons. The van der Waals surface area contributed by atoms with E-state index in [1.807, 2.05) is 43.3 Å². The molecule has 0 fully saturated rings. The first-order valence-corrected chi connectivity index (χ1v) is 8.30. The maximum atomic E-state index is 12.4. The van der Waals surface area contributed by atoms with Gasteiger partial charge in [0.1, 0.15) is 6.10 Å². The highest BCUT2D eigenvalue weighted by molar-refractivity contribution is 5.89. The van der Waals surface area contributed by atoms with E-state index in [9.17, 15) is 4.79 Å². The third kappa shape index (κ3) is 3.21. The maximum absolute atomic E-state index is 12.4. The molecule has 0 heterocycles. The van der Waals surface area contributed by atoms with Crippen LogP contribution in [0.3, 0.4) is 0 Å². The zero-order valence-corrected chi connectivity index (χ0v) is 14.3. The zero-order valence-electron chi connectivity index (χ0n) is 14.3. The molecule has 0 saturated carbocycles. The summed E-state index contributed by atoms with van der Waals surface area (Å²) in [7, 11) is 2.08. The van der Waals surface area contributed by atoms with Gasteiger partial charge in [-0.3, -0.25) is 0 Å². The van der Waals surface area contributed by atoms with Gasteiger partial charge in [-0.2, -0.15) is 0 Å². The average molecular weight is 321 g/mol. The molecule has 24 heavy (non-hydrogen) atoms. The van der Waals surface area contributed by atoms with Crippen molar-refractivity contribution in [3.05, 3.63) is 77.9 Å². The van der Waals surface area contributed by atoms with Crippen LogP contribution in [0.1, 0.15) is 24.2 Å². The molecule has 0 amide bonds. The van der Waals surface area contributed by atoms with Crippen LogP contribution in [0.15, 0.2) is 72.3 Å². The molecule has 1 aliphatic rings. The molecule has 0 radical (unpaired) electrons. The monoisotopic (exact) mass is 321 g/mol. The van der Waals surface area contributed by atoms with Gasteiger partial charge in [-0.05, 0) is 36.8 Å². The number of hydrogen-bond acceptors (Lipinski definition) is 3. The minimum absolute atomic E-state index is 0.186. The molecule has 3 heteroatoms. The Kier molecular flexibility index (Phi) is 4.70. The van der Waals surface area contributed by atoms with Gasteiger partial charge in [0.25, 0.3) is 0 Å². The van der Waals surface area contributed by atoms with Crippen molar-refractivity contribution in [3.63, 3.8) is 0 Å². The number of esters is 1. The SMILES string of the molecule is CC1=C[C@@H](N(C)c2ccccc2)[C@H](C)[C@@H]1OC(=O)c1ccccc1. The standard InChI is InChI=1S/C21H23NO2/c1-15-14-19(22(3)18-12-8-5-9-13-18)16(2)20(15)24-21(23)17-10-6-4-7-11-17/h4-14,16,19-20H,1-3H3/t16-,19+,20+/m0/s1. The number of carbonyl (C=O) groups is 1. The fourth-order valence-electron chi connectivity index (χ4n) is 3.37. The summed E-state index contributed by atoms with van der Waals surface area (Å²) in [6, 6.07) is 19.7. The summed E-state index contributed by atoms with van der Waals surface area (Å²) in [5.41, 5.74) is 2.87. The van der Waals surface area contributed by atoms with E-state index in [-0.39, 0.29) is 24.0 Å². The van der Waals surface area contributed by atoms with E-state index in [4.69, 9.17) is 4.74 Å². The fourth-order valence-corrected chi connectivity index (χ4v) is 3.37. The number of rotatable bonds is 4. The largest absolute Gasteiger partial charge is 0.454 e. The van der Waals surface area contributed by atoms with Crippen molar-refractivity contribution in [2.45, 2.75) is 26.0 Å². The molecule has 0 unspecified atom stereocenters. The van der Waals surface area contributed by atoms with Gasteiger partial charge in [-0.25, -0.2) is 4.79 Å². The third-order valence-corrected chi connectivity index (χ3v) is 4.75. The molecule has 0 aliphatic heterocycles. The Labute approximate surface area is 143 Å². The molecule has 0 N–H and O–H groups in total. The predicted octanol–water partition coefficient (Wildman–Crippen LogP) is 4.31. The van der Waals surface area contributed by atoms with E-state index in [1.165, 1.54) is 0 Å². The van der Waals surface area contributed by atoms with Crippen molar-refractivity contribution in [3.8, 4) is 0 Å². The summed E-state index contributed by atoms with van der Waals surface area (Å²) in [4.78, 5) is 14.6. The summed E-state index contributed by atoms with van der Waals surface area (Å²) in [6.45, 7) is 4.18. The number of nitrogens with zero attached hydrogens (tertiary/aromatic N) is 1. The molecular weight excluding hydrogens is 298 g/mol. The number of ether oxygens (including phenoxy) is 1. The van der Waals surface area contributed by atoms with E-state index < -0.39 is 0 Å². The van der Waals surface area contributed by atoms with Gasteiger partial charge in [0, 0.05) is 18.7 Å². The van der Waals surface area contributed by atoms with Crippen LogP contribution >= 0.6 is 0 Å². The van der Waals surface area contributed by atoms with Gasteiger partial charge in [0.2, 0.25) is 0 Å². The Morgan fingerprint density at radius 1 is 1.00 bits per heavy atom. The van der Waals surface area contributed by atoms with Crippen molar-refractivity contribution < 1.29 is 9.53 Å². The minimum Gasteiger partial charge on any atom is -0.454 e. The molecule has 0 saturated heterocycles. The van der Waals surface area contributed by atoms with Crippen LogP contribution < -0.4 is 4.90 Å². The number of benzene rings is 2. The maximum Gasteiger partial charge on any atom is 0.338 e. The van der Waals surface area contributed by atoms with Crippen LogP contribution in [0.2, 0.25) is 0 Å². The van der Waals surface area contributed by atoms with Gasteiger partial charge in [0.05, 0.1) is 11.6 Å². The minimum atomic E-state index is -0.261. The normalized spacial score (nSPS) is 22.8. The molecule has 0 spiro atoms. The summed E-state index contributed by atoms with van der Waals surface area (Å²) in [5.74, 6) is -0.0638. The Hall–Kier alpha value is -2.55. The zero-order chi connectivity index (χ0) is 17.1. The van der Waals surface area contributed by atoms with E-state index in [0.717, 1.165) is 11.3 Å². The van der Waals surface area contributed by atoms with Crippen LogP contribution in [0, 0.1) is 5.92 Å². The van der Waals surface area contributed by atoms with Crippen LogP contribution in [0.5, 0.6) is 0 Å². The van der Waals surface area contributed by atoms with Gasteiger partial charge >= 0.3 is 5.97 Å². The topological polar surface area (TPSA) is 29.5 Å². The lowest BCUT2D eigenvalue weighted by molar-refractivity contribution is 0.0281. The molecule has 1 aliphatic carbocycles. The summed E-state index contributed by atoms with van der Waals surface area (Å²) in [5, 5.41) is 0. The predicted molar refractivity (Wildman–Crippen MR) is 97.2 cm³/mol. The second-order valence-corrected chi connectivity index (χ2v) is 6.40. The van der Waals surface area contributed by atoms with E-state index in [2.05, 4.69) is 37.1 Å². The number of carbonyl (C=O) groups excluding carboxylic acids is 1. The first-order chi connectivity index (χ1) is 11.6. The van der Waals surface area contributed by atoms with Crippen molar-refractivity contribution >= 4 is 11.7 Å². The van der Waals surface area contributed by atoms with E-state index in [0.29, 0.717) is 5.56 Å². The lowest BCUT2D eigenvalue weighted by atomic mass is 10.00. The number of likely N-dealkylation sites (N-methyl/N-ethyl adjacent to an activating group) is 1. The highest BCUT2D eigenvalue weighted by atomic mass is 16.5. The summed E-state index contributed by atoms with van der Waals surface area (Å²) < 4.78 is 5.80. The lowest BCUT2D eigenvalue weighted by Crippen LogP contribution is -2.37. The van der Waals surface area contributed by atoms with E-state index in [1.54, 1.807) is 12.1 Å². The number of para-hydroxylation sites is 1. The van der Waals surface area contributed by atoms with Gasteiger partial charge < -0.3 is 9.64 Å². The molecule has 2 aromatic carbocycles. The molecule has 3 rings (SSSR count). The Morgan fingerprint density at radius 3 is 2.21 bits per heavy atom. The van der Waals surface area contributed by atoms with Gasteiger partial charge in [-0.1, -0.05) is 49.4 Å². The summed E-state index contributed by atoms with van der Waals surface area (Å²) >= 11 is 0. The Morgan fingerprint density at radius 2 is 1.58 bits per heavy atom. The molecule has 0 aromatic heterocycles. The molecule has 2 aromatic rings. The van der Waals surface area contributed by atoms with Gasteiger partial charge in [-0.15, -0.1) is 0 Å². The van der Waals surface area contributed by atoms with Crippen LogP contribution in [-0.2, 0) is 4.74 Å². The van der Waals surface area contributed by atoms with Crippen molar-refractivity contribution in [1.82, 2.24) is 0 Å². The van der Waals surface area contributed by atoms with Crippen molar-refractivity contribution in [1.29, 1.82) is 0 Å².